The number of ether oxygens (including phenoxy) is 1. The molecule has 3 fully saturated rings. The van der Waals surface area contributed by atoms with Crippen molar-refractivity contribution in [1.29, 1.82) is 0 Å². The van der Waals surface area contributed by atoms with Crippen molar-refractivity contribution >= 4 is 5.91 Å². The van der Waals surface area contributed by atoms with E-state index < -0.39 is 0 Å². The van der Waals surface area contributed by atoms with E-state index in [4.69, 9.17) is 4.74 Å². The Morgan fingerprint density at radius 1 is 1.19 bits per heavy atom. The molecule has 0 saturated carbocycles. The molecule has 2 aromatic rings. The Balaban J connectivity index is 1.34. The van der Waals surface area contributed by atoms with E-state index >= 15 is 0 Å². The summed E-state index contributed by atoms with van der Waals surface area (Å²) in [6.45, 7) is 3.18. The van der Waals surface area contributed by atoms with Gasteiger partial charge in [-0.2, -0.15) is 5.10 Å². The lowest BCUT2D eigenvalue weighted by Crippen LogP contribution is -2.60. The number of nitrogens with one attached hydrogen (secondary N) is 1. The molecule has 32 heavy (non-hydrogen) atoms. The Morgan fingerprint density at radius 2 is 2.09 bits per heavy atom. The van der Waals surface area contributed by atoms with Crippen molar-refractivity contribution in [3.63, 3.8) is 0 Å². The van der Waals surface area contributed by atoms with Gasteiger partial charge in [0, 0.05) is 24.7 Å². The smallest absolute Gasteiger partial charge is 0.258 e. The number of H-pyrrole nitrogens is 1. The number of carbonyl (C=O) groups excluding carboxylic acids is 1. The highest BCUT2D eigenvalue weighted by Crippen LogP contribution is 2.45. The molecule has 0 spiro atoms. The van der Waals surface area contributed by atoms with E-state index in [1.54, 1.807) is 13.3 Å². The van der Waals surface area contributed by atoms with E-state index in [-0.39, 0.29) is 11.9 Å². The van der Waals surface area contributed by atoms with Crippen molar-refractivity contribution in [2.45, 2.75) is 50.6 Å². The largest absolute Gasteiger partial charge is 0.496 e. The molecule has 4 aliphatic rings. The summed E-state index contributed by atoms with van der Waals surface area (Å²) >= 11 is 0. The molecule has 1 aromatic carbocycles. The van der Waals surface area contributed by atoms with Crippen molar-refractivity contribution in [2.75, 3.05) is 26.7 Å². The van der Waals surface area contributed by atoms with Crippen molar-refractivity contribution < 1.29 is 9.53 Å². The molecule has 1 aromatic heterocycles. The summed E-state index contributed by atoms with van der Waals surface area (Å²) in [4.78, 5) is 18.8. The molecule has 1 amide bonds. The first-order chi connectivity index (χ1) is 15.7. The highest BCUT2D eigenvalue weighted by atomic mass is 16.5. The summed E-state index contributed by atoms with van der Waals surface area (Å²) < 4.78 is 5.55. The van der Waals surface area contributed by atoms with Crippen molar-refractivity contribution in [3.8, 4) is 17.0 Å². The van der Waals surface area contributed by atoms with Crippen LogP contribution in [0.4, 0.5) is 0 Å². The molecule has 1 N–H and O–H groups in total. The van der Waals surface area contributed by atoms with Gasteiger partial charge in [-0.25, -0.2) is 0 Å². The van der Waals surface area contributed by atoms with Crippen LogP contribution < -0.4 is 4.74 Å². The van der Waals surface area contributed by atoms with E-state index in [2.05, 4.69) is 26.1 Å². The number of benzene rings is 1. The number of hydrogen-bond acceptors (Lipinski definition) is 4. The highest BCUT2D eigenvalue weighted by Gasteiger charge is 2.47. The van der Waals surface area contributed by atoms with Gasteiger partial charge < -0.3 is 9.64 Å². The predicted octanol–water partition coefficient (Wildman–Crippen LogP) is 4.12. The van der Waals surface area contributed by atoms with Gasteiger partial charge in [0.1, 0.15) is 5.75 Å². The van der Waals surface area contributed by atoms with Crippen LogP contribution in [0.2, 0.25) is 0 Å². The van der Waals surface area contributed by atoms with Crippen LogP contribution in [0.15, 0.2) is 42.1 Å². The number of amides is 1. The molecule has 1 aliphatic carbocycles. The van der Waals surface area contributed by atoms with Gasteiger partial charge >= 0.3 is 0 Å². The van der Waals surface area contributed by atoms with Crippen LogP contribution in [0, 0.1) is 11.8 Å². The monoisotopic (exact) mass is 432 g/mol. The van der Waals surface area contributed by atoms with Crippen molar-refractivity contribution in [2.24, 2.45) is 11.8 Å². The van der Waals surface area contributed by atoms with Gasteiger partial charge in [-0.3, -0.25) is 14.8 Å². The Kier molecular flexibility index (Phi) is 5.05. The first-order valence-electron chi connectivity index (χ1n) is 12.2. The predicted molar refractivity (Wildman–Crippen MR) is 124 cm³/mol. The third-order valence-corrected chi connectivity index (χ3v) is 8.16. The molecule has 3 saturated heterocycles. The maximum atomic E-state index is 13.9. The second-order valence-electron chi connectivity index (χ2n) is 9.87. The Bertz CT molecular complexity index is 1040. The van der Waals surface area contributed by atoms with Crippen LogP contribution in [0.3, 0.4) is 0 Å². The minimum atomic E-state index is 0.0921. The van der Waals surface area contributed by atoms with Crippen LogP contribution in [0.25, 0.3) is 11.3 Å². The van der Waals surface area contributed by atoms with Gasteiger partial charge in [0.15, 0.2) is 0 Å². The third kappa shape index (κ3) is 3.19. The molecule has 0 radical (unpaired) electrons. The summed E-state index contributed by atoms with van der Waals surface area (Å²) in [5.74, 6) is 2.05. The fourth-order valence-electron chi connectivity index (χ4n) is 6.86. The molecule has 6 rings (SSSR count). The number of rotatable bonds is 3. The zero-order valence-electron chi connectivity index (χ0n) is 18.8. The van der Waals surface area contributed by atoms with Crippen molar-refractivity contribution in [3.05, 3.63) is 47.7 Å². The zero-order valence-corrected chi connectivity index (χ0v) is 18.8. The van der Waals surface area contributed by atoms with E-state index in [0.717, 1.165) is 49.0 Å². The topological polar surface area (TPSA) is 61.5 Å². The number of aromatic amines is 1. The van der Waals surface area contributed by atoms with Gasteiger partial charge in [0.05, 0.1) is 30.6 Å². The minimum absolute atomic E-state index is 0.0921. The van der Waals surface area contributed by atoms with Crippen LogP contribution in [-0.4, -0.2) is 64.7 Å². The fourth-order valence-corrected chi connectivity index (χ4v) is 6.86. The average Bonchev–Trinajstić information content (AvgIpc) is 3.33. The van der Waals surface area contributed by atoms with Gasteiger partial charge in [-0.05, 0) is 62.6 Å². The SMILES string of the molecule is COc1ccccc1-c1[nH]ncc1C(=O)N1CCCC2=CC3CC(CN4CCCCC34)C21. The number of nitrogens with zero attached hydrogens (tertiary/aromatic N) is 3. The second kappa shape index (κ2) is 8.07. The average molecular weight is 433 g/mol. The van der Waals surface area contributed by atoms with Gasteiger partial charge in [-0.15, -0.1) is 0 Å². The Hall–Kier alpha value is -2.60. The lowest BCUT2D eigenvalue weighted by atomic mass is 9.68. The lowest BCUT2D eigenvalue weighted by Gasteiger charge is -2.54. The van der Waals surface area contributed by atoms with E-state index in [0.29, 0.717) is 17.4 Å². The van der Waals surface area contributed by atoms with E-state index in [1.165, 1.54) is 37.8 Å². The molecule has 4 heterocycles. The maximum Gasteiger partial charge on any atom is 0.258 e. The summed E-state index contributed by atoms with van der Waals surface area (Å²) in [7, 11) is 1.66. The first-order valence-corrected chi connectivity index (χ1v) is 12.2. The molecule has 4 atom stereocenters. The van der Waals surface area contributed by atoms with E-state index in [9.17, 15) is 4.79 Å². The normalized spacial score (nSPS) is 29.7. The molecular weight excluding hydrogens is 400 g/mol. The van der Waals surface area contributed by atoms with Gasteiger partial charge in [-0.1, -0.05) is 30.2 Å². The number of piperidine rings is 3. The highest BCUT2D eigenvalue weighted by molar-refractivity contribution is 6.00. The lowest BCUT2D eigenvalue weighted by molar-refractivity contribution is 0.00150. The second-order valence-corrected chi connectivity index (χ2v) is 9.87. The van der Waals surface area contributed by atoms with Crippen LogP contribution in [0.1, 0.15) is 48.9 Å². The summed E-state index contributed by atoms with van der Waals surface area (Å²) in [5, 5.41) is 7.33. The van der Waals surface area contributed by atoms with Crippen LogP contribution in [-0.2, 0) is 0 Å². The summed E-state index contributed by atoms with van der Waals surface area (Å²) in [5.41, 5.74) is 3.78. The number of fused-ring (bicyclic) bond motifs is 6. The summed E-state index contributed by atoms with van der Waals surface area (Å²) in [6, 6.07) is 8.77. The molecule has 4 unspecified atom stereocenters. The number of carbonyl (C=O) groups is 1. The quantitative estimate of drug-likeness (QED) is 0.741. The van der Waals surface area contributed by atoms with Gasteiger partial charge in [0.25, 0.3) is 5.91 Å². The number of aromatic nitrogens is 2. The first kappa shape index (κ1) is 20.0. The van der Waals surface area contributed by atoms with E-state index in [1.807, 2.05) is 24.3 Å². The molecule has 3 aliphatic heterocycles. The standard InChI is InChI=1S/C26H32N4O2/c1-32-23-10-3-2-8-20(23)24-21(15-27-28-24)26(31)30-12-6-7-17-13-18-14-19(25(17)30)16-29-11-5-4-9-22(18)29/h2-3,8,10,13,15,18-19,22,25H,4-7,9,11-12,14,16H2,1H3,(H,27,28). The summed E-state index contributed by atoms with van der Waals surface area (Å²) in [6.07, 6.45) is 11.7. The number of para-hydroxylation sites is 1. The third-order valence-electron chi connectivity index (χ3n) is 8.16. The number of hydrogen-bond donors (Lipinski definition) is 1. The van der Waals surface area contributed by atoms with Crippen molar-refractivity contribution in [1.82, 2.24) is 20.0 Å². The molecular formula is C26H32N4O2. The molecule has 2 bridgehead atoms. The zero-order chi connectivity index (χ0) is 21.7. The maximum absolute atomic E-state index is 13.9. The molecule has 168 valence electrons. The number of likely N-dealkylation sites (tertiary alicyclic amines) is 1. The molecule has 6 heteroatoms. The van der Waals surface area contributed by atoms with Gasteiger partial charge in [0.2, 0.25) is 0 Å². The minimum Gasteiger partial charge on any atom is -0.496 e. The van der Waals surface area contributed by atoms with Crippen LogP contribution in [0.5, 0.6) is 5.75 Å². The Labute approximate surface area is 189 Å². The molecule has 6 nitrogen and oxygen atoms in total. The Morgan fingerprint density at radius 3 is 3.00 bits per heavy atom. The fraction of sp³-hybridized carbons (Fsp3) is 0.538. The van der Waals surface area contributed by atoms with Crippen LogP contribution >= 0.6 is 0 Å². The number of methoxy groups -OCH3 is 1.